The van der Waals surface area contributed by atoms with Crippen LogP contribution in [0.2, 0.25) is 26.2 Å². The molecule has 1 nitrogen and oxygen atoms in total. The summed E-state index contributed by atoms with van der Waals surface area (Å²) in [5.74, 6) is 0. The molecule has 0 amide bonds. The Morgan fingerprint density at radius 1 is 0.909 bits per heavy atom. The molecule has 0 aromatic carbocycles. The molecule has 0 aliphatic heterocycles. The van der Waals surface area contributed by atoms with E-state index in [2.05, 4.69) is 39.3 Å². The van der Waals surface area contributed by atoms with Gasteiger partial charge in [0.1, 0.15) is 0 Å². The summed E-state index contributed by atoms with van der Waals surface area (Å²) in [6.07, 6.45) is 0. The number of rotatable bonds is 4. The SMILES string of the molecule is C=C[Si](C)(C)O[Si](C)(C)C=C. The average Bonchev–Trinajstić information content (AvgIpc) is 1.86. The van der Waals surface area contributed by atoms with E-state index in [1.54, 1.807) is 0 Å². The summed E-state index contributed by atoms with van der Waals surface area (Å²) in [5.41, 5.74) is 3.93. The van der Waals surface area contributed by atoms with Crippen LogP contribution in [0, 0.1) is 0 Å². The second-order valence-electron chi connectivity index (χ2n) is 3.72. The predicted molar refractivity (Wildman–Crippen MR) is 56.4 cm³/mol. The quantitative estimate of drug-likeness (QED) is 0.614. The van der Waals surface area contributed by atoms with Crippen molar-refractivity contribution in [2.45, 2.75) is 26.2 Å². The van der Waals surface area contributed by atoms with E-state index in [4.69, 9.17) is 4.12 Å². The Morgan fingerprint density at radius 2 is 1.18 bits per heavy atom. The highest BCUT2D eigenvalue weighted by Gasteiger charge is 2.27. The summed E-state index contributed by atoms with van der Waals surface area (Å²) in [4.78, 5) is 0. The molecule has 0 heterocycles. The minimum absolute atomic E-state index is 1.58. The van der Waals surface area contributed by atoms with Gasteiger partial charge in [0, 0.05) is 0 Å². The Labute approximate surface area is 72.0 Å². The zero-order chi connectivity index (χ0) is 9.12. The van der Waals surface area contributed by atoms with Gasteiger partial charge in [-0.3, -0.25) is 0 Å². The van der Waals surface area contributed by atoms with Crippen molar-refractivity contribution in [2.24, 2.45) is 0 Å². The van der Waals surface area contributed by atoms with Gasteiger partial charge in [-0.2, -0.15) is 0 Å². The molecular formula is C8H18OSi2. The Kier molecular flexibility index (Phi) is 3.47. The third kappa shape index (κ3) is 4.34. The standard InChI is InChI=1S/C8H18OSi2/c1-7-10(3,4)9-11(5,6)8-2/h7-8H,1-2H2,3-6H3. The topological polar surface area (TPSA) is 9.23 Å². The van der Waals surface area contributed by atoms with Crippen LogP contribution in [-0.2, 0) is 4.12 Å². The molecule has 0 aromatic rings. The average molecular weight is 186 g/mol. The lowest BCUT2D eigenvalue weighted by molar-refractivity contribution is 0.571. The van der Waals surface area contributed by atoms with Gasteiger partial charge < -0.3 is 4.12 Å². The first-order valence-corrected chi connectivity index (χ1v) is 9.77. The van der Waals surface area contributed by atoms with Crippen molar-refractivity contribution in [2.75, 3.05) is 0 Å². The lowest BCUT2D eigenvalue weighted by Gasteiger charge is -2.29. The molecule has 0 N–H and O–H groups in total. The Bertz CT molecular complexity index is 143. The fraction of sp³-hybridized carbons (Fsp3) is 0.500. The second-order valence-corrected chi connectivity index (χ2v) is 11.8. The molecule has 0 fully saturated rings. The van der Waals surface area contributed by atoms with Crippen LogP contribution in [0.5, 0.6) is 0 Å². The minimum atomic E-state index is -1.58. The molecule has 0 spiro atoms. The maximum atomic E-state index is 5.97. The van der Waals surface area contributed by atoms with E-state index in [-0.39, 0.29) is 0 Å². The first kappa shape index (κ1) is 10.9. The van der Waals surface area contributed by atoms with Crippen LogP contribution in [0.15, 0.2) is 24.6 Å². The van der Waals surface area contributed by atoms with Crippen molar-refractivity contribution in [1.82, 2.24) is 0 Å². The van der Waals surface area contributed by atoms with Crippen molar-refractivity contribution < 1.29 is 4.12 Å². The molecule has 0 aliphatic carbocycles. The van der Waals surface area contributed by atoms with Gasteiger partial charge in [-0.05, 0) is 26.2 Å². The molecule has 0 bridgehead atoms. The number of hydrogen-bond acceptors (Lipinski definition) is 1. The van der Waals surface area contributed by atoms with E-state index in [0.29, 0.717) is 0 Å². The molecule has 0 saturated carbocycles. The predicted octanol–water partition coefficient (Wildman–Crippen LogP) is 2.86. The summed E-state index contributed by atoms with van der Waals surface area (Å²) in [5, 5.41) is 0. The molecule has 64 valence electrons. The third-order valence-electron chi connectivity index (χ3n) is 1.51. The van der Waals surface area contributed by atoms with Crippen LogP contribution in [0.1, 0.15) is 0 Å². The third-order valence-corrected chi connectivity index (χ3v) is 7.68. The van der Waals surface area contributed by atoms with Crippen LogP contribution < -0.4 is 0 Å². The van der Waals surface area contributed by atoms with Gasteiger partial charge in [0.05, 0.1) is 0 Å². The van der Waals surface area contributed by atoms with Crippen molar-refractivity contribution >= 4 is 16.6 Å². The molecule has 0 aromatic heterocycles. The lowest BCUT2D eigenvalue weighted by atomic mass is 11.3. The second kappa shape index (κ2) is 3.51. The Morgan fingerprint density at radius 3 is 1.36 bits per heavy atom. The van der Waals surface area contributed by atoms with Crippen LogP contribution in [0.3, 0.4) is 0 Å². The van der Waals surface area contributed by atoms with Crippen molar-refractivity contribution in [3.63, 3.8) is 0 Å². The van der Waals surface area contributed by atoms with E-state index >= 15 is 0 Å². The monoisotopic (exact) mass is 186 g/mol. The summed E-state index contributed by atoms with van der Waals surface area (Å²) in [7, 11) is -3.16. The van der Waals surface area contributed by atoms with Crippen LogP contribution in [0.4, 0.5) is 0 Å². The van der Waals surface area contributed by atoms with Crippen molar-refractivity contribution in [3.8, 4) is 0 Å². The maximum absolute atomic E-state index is 5.97. The molecule has 0 atom stereocenters. The Balaban J connectivity index is 4.23. The van der Waals surface area contributed by atoms with E-state index in [1.807, 2.05) is 11.4 Å². The fourth-order valence-electron chi connectivity index (χ4n) is 0.761. The van der Waals surface area contributed by atoms with Gasteiger partial charge in [0.25, 0.3) is 0 Å². The Hall–Kier alpha value is -0.126. The number of hydrogen-bond donors (Lipinski definition) is 0. The van der Waals surface area contributed by atoms with Crippen molar-refractivity contribution in [3.05, 3.63) is 24.6 Å². The molecule has 0 unspecified atom stereocenters. The van der Waals surface area contributed by atoms with Gasteiger partial charge in [-0.25, -0.2) is 0 Å². The maximum Gasteiger partial charge on any atom is 0.198 e. The fourth-order valence-corrected chi connectivity index (χ4v) is 6.85. The minimum Gasteiger partial charge on any atom is -0.449 e. The lowest BCUT2D eigenvalue weighted by Crippen LogP contribution is -2.41. The van der Waals surface area contributed by atoms with E-state index < -0.39 is 16.6 Å². The molecular weight excluding hydrogens is 168 g/mol. The zero-order valence-electron chi connectivity index (χ0n) is 7.98. The van der Waals surface area contributed by atoms with Crippen LogP contribution in [0.25, 0.3) is 0 Å². The summed E-state index contributed by atoms with van der Waals surface area (Å²) < 4.78 is 5.97. The van der Waals surface area contributed by atoms with Gasteiger partial charge >= 0.3 is 0 Å². The zero-order valence-corrected chi connectivity index (χ0v) is 9.98. The summed E-state index contributed by atoms with van der Waals surface area (Å²) in [6, 6.07) is 0. The smallest absolute Gasteiger partial charge is 0.198 e. The summed E-state index contributed by atoms with van der Waals surface area (Å²) in [6.45, 7) is 16.2. The summed E-state index contributed by atoms with van der Waals surface area (Å²) >= 11 is 0. The van der Waals surface area contributed by atoms with Crippen LogP contribution in [-0.4, -0.2) is 16.6 Å². The molecule has 0 aliphatic rings. The first-order valence-electron chi connectivity index (χ1n) is 3.80. The molecule has 0 rings (SSSR count). The van der Waals surface area contributed by atoms with Gasteiger partial charge in [0.15, 0.2) is 16.6 Å². The molecule has 3 heteroatoms. The van der Waals surface area contributed by atoms with Crippen LogP contribution >= 0.6 is 0 Å². The first-order chi connectivity index (χ1) is 4.83. The molecule has 0 saturated heterocycles. The van der Waals surface area contributed by atoms with Gasteiger partial charge in [-0.1, -0.05) is 11.4 Å². The molecule has 11 heavy (non-hydrogen) atoms. The van der Waals surface area contributed by atoms with Gasteiger partial charge in [-0.15, -0.1) is 13.2 Å². The van der Waals surface area contributed by atoms with E-state index in [0.717, 1.165) is 0 Å². The van der Waals surface area contributed by atoms with E-state index in [1.165, 1.54) is 0 Å². The normalized spacial score (nSPS) is 12.7. The van der Waals surface area contributed by atoms with Gasteiger partial charge in [0.2, 0.25) is 0 Å². The highest BCUT2D eigenvalue weighted by Crippen LogP contribution is 2.15. The highest BCUT2D eigenvalue weighted by atomic mass is 28.4. The molecule has 0 radical (unpaired) electrons. The largest absolute Gasteiger partial charge is 0.449 e. The highest BCUT2D eigenvalue weighted by molar-refractivity contribution is 6.89. The van der Waals surface area contributed by atoms with Crippen molar-refractivity contribution in [1.29, 1.82) is 0 Å². The van der Waals surface area contributed by atoms with E-state index in [9.17, 15) is 0 Å².